The molecule has 2 atom stereocenters. The summed E-state index contributed by atoms with van der Waals surface area (Å²) >= 11 is 1.68. The summed E-state index contributed by atoms with van der Waals surface area (Å²) in [4.78, 5) is 25.5. The van der Waals surface area contributed by atoms with E-state index in [0.717, 1.165) is 37.5 Å². The van der Waals surface area contributed by atoms with Crippen molar-refractivity contribution in [2.24, 2.45) is 13.0 Å². The first-order valence-corrected chi connectivity index (χ1v) is 10.4. The molecule has 1 aliphatic heterocycles. The molecule has 1 fully saturated rings. The molecule has 1 saturated heterocycles. The minimum absolute atomic E-state index is 0.0738. The molecule has 0 aliphatic carbocycles. The highest BCUT2D eigenvalue weighted by Crippen LogP contribution is 2.32. The minimum atomic E-state index is -0.140. The lowest BCUT2D eigenvalue weighted by molar-refractivity contribution is -0.119. The third-order valence-electron chi connectivity index (χ3n) is 5.42. The number of rotatable bonds is 4. The molecule has 1 aromatic carbocycles. The van der Waals surface area contributed by atoms with Gasteiger partial charge in [0.1, 0.15) is 11.6 Å². The number of carbonyl (C=O) groups excluding carboxylic acids is 1. The molecule has 5 rings (SSSR count). The standard InChI is InChI=1S/C21H21N5O2S/c1-11(14-7-19(27)22-9-14)28-21-20-17(23-10-26(20)3)8-15(25-21)13-4-5-18-16(6-13)24-12(2)29-18/h4-6,8,10-11,14H,7,9H2,1-3H3,(H,22,27)/t11?,14-/m1/s1. The van der Waals surface area contributed by atoms with E-state index < -0.39 is 0 Å². The predicted molar refractivity (Wildman–Crippen MR) is 113 cm³/mol. The SMILES string of the molecule is Cc1nc2cc(-c3cc4ncn(C)c4c(OC(C)[C@H]4CNC(=O)C4)n3)ccc2s1. The first-order valence-electron chi connectivity index (χ1n) is 9.61. The Balaban J connectivity index is 1.57. The van der Waals surface area contributed by atoms with Crippen LogP contribution in [0.2, 0.25) is 0 Å². The second-order valence-corrected chi connectivity index (χ2v) is 8.78. The van der Waals surface area contributed by atoms with E-state index in [0.29, 0.717) is 18.8 Å². The zero-order chi connectivity index (χ0) is 20.1. The van der Waals surface area contributed by atoms with Gasteiger partial charge in [0.2, 0.25) is 11.8 Å². The van der Waals surface area contributed by atoms with Crippen molar-refractivity contribution < 1.29 is 9.53 Å². The number of nitrogens with zero attached hydrogens (tertiary/aromatic N) is 4. The van der Waals surface area contributed by atoms with Crippen LogP contribution in [0.5, 0.6) is 5.88 Å². The molecule has 0 saturated carbocycles. The van der Waals surface area contributed by atoms with Crippen molar-refractivity contribution in [1.29, 1.82) is 0 Å². The van der Waals surface area contributed by atoms with Gasteiger partial charge in [0.15, 0.2) is 0 Å². The van der Waals surface area contributed by atoms with Crippen LogP contribution in [0.3, 0.4) is 0 Å². The number of thiazole rings is 1. The van der Waals surface area contributed by atoms with Gasteiger partial charge in [-0.3, -0.25) is 4.79 Å². The number of carbonyl (C=O) groups is 1. The van der Waals surface area contributed by atoms with Gasteiger partial charge in [-0.2, -0.15) is 0 Å². The number of pyridine rings is 1. The minimum Gasteiger partial charge on any atom is -0.473 e. The Bertz CT molecular complexity index is 1240. The van der Waals surface area contributed by atoms with Crippen LogP contribution >= 0.6 is 11.3 Å². The molecule has 8 heteroatoms. The maximum atomic E-state index is 11.6. The molecule has 4 heterocycles. The van der Waals surface area contributed by atoms with Crippen molar-refractivity contribution in [2.75, 3.05) is 6.54 Å². The number of fused-ring (bicyclic) bond motifs is 2. The van der Waals surface area contributed by atoms with E-state index >= 15 is 0 Å². The van der Waals surface area contributed by atoms with Crippen LogP contribution in [0.4, 0.5) is 0 Å². The number of hydrogen-bond donors (Lipinski definition) is 1. The normalized spacial score (nSPS) is 17.8. The highest BCUT2D eigenvalue weighted by atomic mass is 32.1. The Kier molecular flexibility index (Phi) is 4.24. The van der Waals surface area contributed by atoms with E-state index in [1.165, 1.54) is 0 Å². The summed E-state index contributed by atoms with van der Waals surface area (Å²) in [7, 11) is 1.93. The molecular formula is C21H21N5O2S. The molecule has 3 aromatic heterocycles. The Hall–Kier alpha value is -3.00. The van der Waals surface area contributed by atoms with Crippen LogP contribution < -0.4 is 10.1 Å². The van der Waals surface area contributed by atoms with E-state index in [4.69, 9.17) is 9.72 Å². The van der Waals surface area contributed by atoms with Crippen molar-refractivity contribution >= 4 is 38.5 Å². The van der Waals surface area contributed by atoms with Crippen LogP contribution in [-0.2, 0) is 11.8 Å². The number of amides is 1. The first kappa shape index (κ1) is 18.1. The third kappa shape index (κ3) is 3.23. The lowest BCUT2D eigenvalue weighted by Gasteiger charge is -2.20. The number of nitrogens with one attached hydrogen (secondary N) is 1. The zero-order valence-corrected chi connectivity index (χ0v) is 17.3. The fraction of sp³-hybridized carbons (Fsp3) is 0.333. The summed E-state index contributed by atoms with van der Waals surface area (Å²) in [6.07, 6.45) is 2.11. The smallest absolute Gasteiger partial charge is 0.241 e. The summed E-state index contributed by atoms with van der Waals surface area (Å²) in [5.41, 5.74) is 4.43. The van der Waals surface area contributed by atoms with Crippen LogP contribution in [0.25, 0.3) is 32.5 Å². The van der Waals surface area contributed by atoms with E-state index in [9.17, 15) is 4.79 Å². The molecule has 0 bridgehead atoms. The Morgan fingerprint density at radius 3 is 2.93 bits per heavy atom. The fourth-order valence-electron chi connectivity index (χ4n) is 3.80. The average molecular weight is 407 g/mol. The summed E-state index contributed by atoms with van der Waals surface area (Å²) in [6.45, 7) is 4.64. The molecule has 148 valence electrons. The second-order valence-electron chi connectivity index (χ2n) is 7.54. The second kappa shape index (κ2) is 6.81. The van der Waals surface area contributed by atoms with Gasteiger partial charge in [-0.1, -0.05) is 6.07 Å². The average Bonchev–Trinajstić information content (AvgIpc) is 3.39. The number of hydrogen-bond acceptors (Lipinski definition) is 6. The quantitative estimate of drug-likeness (QED) is 0.560. The highest BCUT2D eigenvalue weighted by molar-refractivity contribution is 7.18. The monoisotopic (exact) mass is 407 g/mol. The van der Waals surface area contributed by atoms with E-state index in [1.54, 1.807) is 17.7 Å². The van der Waals surface area contributed by atoms with Crippen LogP contribution in [0, 0.1) is 12.8 Å². The van der Waals surface area contributed by atoms with Gasteiger partial charge in [-0.15, -0.1) is 11.3 Å². The molecule has 29 heavy (non-hydrogen) atoms. The van der Waals surface area contributed by atoms with E-state index in [2.05, 4.69) is 33.5 Å². The molecular weight excluding hydrogens is 386 g/mol. The van der Waals surface area contributed by atoms with E-state index in [-0.39, 0.29) is 17.9 Å². The predicted octanol–water partition coefficient (Wildman–Crippen LogP) is 3.46. The maximum Gasteiger partial charge on any atom is 0.241 e. The van der Waals surface area contributed by atoms with Gasteiger partial charge in [0, 0.05) is 31.5 Å². The van der Waals surface area contributed by atoms with Gasteiger partial charge in [0.05, 0.1) is 32.8 Å². The summed E-state index contributed by atoms with van der Waals surface area (Å²) in [6, 6.07) is 8.18. The number of aromatic nitrogens is 4. The lowest BCUT2D eigenvalue weighted by atomic mass is 10.0. The molecule has 1 aliphatic rings. The number of aryl methyl sites for hydroxylation is 2. The molecule has 1 unspecified atom stereocenters. The van der Waals surface area contributed by atoms with Gasteiger partial charge in [-0.25, -0.2) is 15.0 Å². The van der Waals surface area contributed by atoms with Crippen molar-refractivity contribution in [2.45, 2.75) is 26.4 Å². The van der Waals surface area contributed by atoms with Crippen molar-refractivity contribution in [3.63, 3.8) is 0 Å². The Morgan fingerprint density at radius 1 is 1.28 bits per heavy atom. The van der Waals surface area contributed by atoms with Crippen LogP contribution in [-0.4, -0.2) is 38.1 Å². The molecule has 1 amide bonds. The number of benzene rings is 1. The Morgan fingerprint density at radius 2 is 2.14 bits per heavy atom. The van der Waals surface area contributed by atoms with Gasteiger partial charge < -0.3 is 14.6 Å². The van der Waals surface area contributed by atoms with Gasteiger partial charge >= 0.3 is 0 Å². The summed E-state index contributed by atoms with van der Waals surface area (Å²) in [5, 5.41) is 3.92. The maximum absolute atomic E-state index is 11.6. The van der Waals surface area contributed by atoms with Crippen molar-refractivity contribution in [3.05, 3.63) is 35.6 Å². The first-order chi connectivity index (χ1) is 14.0. The number of imidazole rings is 1. The third-order valence-corrected chi connectivity index (χ3v) is 6.38. The van der Waals surface area contributed by atoms with Crippen LogP contribution in [0.1, 0.15) is 18.4 Å². The highest BCUT2D eigenvalue weighted by Gasteiger charge is 2.29. The lowest BCUT2D eigenvalue weighted by Crippen LogP contribution is -2.26. The molecule has 0 radical (unpaired) electrons. The fourth-order valence-corrected chi connectivity index (χ4v) is 4.61. The van der Waals surface area contributed by atoms with Crippen LogP contribution in [0.15, 0.2) is 30.6 Å². The number of ether oxygens (including phenoxy) is 1. The largest absolute Gasteiger partial charge is 0.473 e. The van der Waals surface area contributed by atoms with Gasteiger partial charge in [0.25, 0.3) is 0 Å². The zero-order valence-electron chi connectivity index (χ0n) is 16.5. The molecule has 1 N–H and O–H groups in total. The van der Waals surface area contributed by atoms with Crippen molar-refractivity contribution in [3.8, 4) is 17.1 Å². The topological polar surface area (TPSA) is 81.9 Å². The van der Waals surface area contributed by atoms with Crippen molar-refractivity contribution in [1.82, 2.24) is 24.8 Å². The molecule has 7 nitrogen and oxygen atoms in total. The Labute approximate surface area is 171 Å². The molecule has 4 aromatic rings. The van der Waals surface area contributed by atoms with E-state index in [1.807, 2.05) is 31.5 Å². The van der Waals surface area contributed by atoms with Gasteiger partial charge in [-0.05, 0) is 32.0 Å². The summed E-state index contributed by atoms with van der Waals surface area (Å²) in [5.74, 6) is 0.745. The molecule has 0 spiro atoms. The summed E-state index contributed by atoms with van der Waals surface area (Å²) < 4.78 is 9.35.